The van der Waals surface area contributed by atoms with Crippen LogP contribution < -0.4 is 5.32 Å². The molecule has 0 fully saturated rings. The molecule has 2 rings (SSSR count). The summed E-state index contributed by atoms with van der Waals surface area (Å²) in [7, 11) is 0. The van der Waals surface area contributed by atoms with Crippen molar-refractivity contribution in [1.29, 1.82) is 0 Å². The molecule has 0 spiro atoms. The zero-order valence-corrected chi connectivity index (χ0v) is 9.95. The fourth-order valence-electron chi connectivity index (χ4n) is 1.33. The molecule has 0 aliphatic rings. The van der Waals surface area contributed by atoms with Crippen LogP contribution in [0.25, 0.3) is 0 Å². The molecule has 0 amide bonds. The third kappa shape index (κ3) is 2.73. The number of furan rings is 2. The van der Waals surface area contributed by atoms with Crippen LogP contribution in [0.4, 0.5) is 0 Å². The molecule has 0 aliphatic heterocycles. The third-order valence-electron chi connectivity index (χ3n) is 2.21. The molecular formula is C11H12BrNO2. The van der Waals surface area contributed by atoms with E-state index in [-0.39, 0.29) is 6.04 Å². The van der Waals surface area contributed by atoms with Crippen molar-refractivity contribution in [3.8, 4) is 0 Å². The van der Waals surface area contributed by atoms with Gasteiger partial charge in [0.15, 0.2) is 4.67 Å². The molecular weight excluding hydrogens is 258 g/mol. The van der Waals surface area contributed by atoms with Gasteiger partial charge in [-0.15, -0.1) is 0 Å². The van der Waals surface area contributed by atoms with E-state index in [1.54, 1.807) is 12.5 Å². The molecule has 2 aromatic heterocycles. The zero-order chi connectivity index (χ0) is 10.7. The second kappa shape index (κ2) is 4.68. The quantitative estimate of drug-likeness (QED) is 0.924. The minimum Gasteiger partial charge on any atom is -0.472 e. The second-order valence-electron chi connectivity index (χ2n) is 3.38. The topological polar surface area (TPSA) is 38.3 Å². The van der Waals surface area contributed by atoms with Gasteiger partial charge in [-0.25, -0.2) is 0 Å². The molecule has 0 saturated heterocycles. The summed E-state index contributed by atoms with van der Waals surface area (Å²) in [6, 6.07) is 5.98. The van der Waals surface area contributed by atoms with Crippen LogP contribution in [0.1, 0.15) is 24.3 Å². The number of hydrogen-bond donors (Lipinski definition) is 1. The van der Waals surface area contributed by atoms with E-state index in [1.165, 1.54) is 0 Å². The van der Waals surface area contributed by atoms with E-state index in [9.17, 15) is 0 Å². The summed E-state index contributed by atoms with van der Waals surface area (Å²) < 4.78 is 11.2. The van der Waals surface area contributed by atoms with E-state index < -0.39 is 0 Å². The number of rotatable bonds is 4. The minimum atomic E-state index is 0.186. The van der Waals surface area contributed by atoms with Crippen LogP contribution in [0.5, 0.6) is 0 Å². The summed E-state index contributed by atoms with van der Waals surface area (Å²) in [5, 5.41) is 3.34. The fraction of sp³-hybridized carbons (Fsp3) is 0.273. The van der Waals surface area contributed by atoms with Crippen molar-refractivity contribution in [2.24, 2.45) is 0 Å². The zero-order valence-electron chi connectivity index (χ0n) is 8.37. The molecule has 2 aromatic rings. The summed E-state index contributed by atoms with van der Waals surface area (Å²) in [6.07, 6.45) is 3.41. The van der Waals surface area contributed by atoms with Crippen molar-refractivity contribution < 1.29 is 8.83 Å². The average Bonchev–Trinajstić information content (AvgIpc) is 2.84. The van der Waals surface area contributed by atoms with E-state index in [0.717, 1.165) is 22.5 Å². The van der Waals surface area contributed by atoms with Gasteiger partial charge in [0.2, 0.25) is 0 Å². The van der Waals surface area contributed by atoms with Crippen LogP contribution in [0, 0.1) is 0 Å². The third-order valence-corrected chi connectivity index (χ3v) is 2.64. The van der Waals surface area contributed by atoms with Gasteiger partial charge in [0.25, 0.3) is 0 Å². The van der Waals surface area contributed by atoms with Gasteiger partial charge < -0.3 is 14.2 Å². The van der Waals surface area contributed by atoms with Crippen molar-refractivity contribution in [3.63, 3.8) is 0 Å². The average molecular weight is 270 g/mol. The van der Waals surface area contributed by atoms with Crippen LogP contribution in [0.15, 0.2) is 44.2 Å². The Morgan fingerprint density at radius 3 is 2.87 bits per heavy atom. The van der Waals surface area contributed by atoms with Crippen LogP contribution in [0.2, 0.25) is 0 Å². The van der Waals surface area contributed by atoms with Crippen LogP contribution in [-0.2, 0) is 6.54 Å². The maximum absolute atomic E-state index is 5.45. The highest BCUT2D eigenvalue weighted by Crippen LogP contribution is 2.20. The van der Waals surface area contributed by atoms with Crippen LogP contribution in [-0.4, -0.2) is 0 Å². The Labute approximate surface area is 96.6 Å². The largest absolute Gasteiger partial charge is 0.472 e. The Kier molecular flexibility index (Phi) is 3.28. The molecule has 0 saturated carbocycles. The molecule has 0 radical (unpaired) electrons. The van der Waals surface area contributed by atoms with Crippen molar-refractivity contribution in [2.75, 3.05) is 0 Å². The normalized spacial score (nSPS) is 12.9. The molecule has 3 nitrogen and oxygen atoms in total. The first-order valence-corrected chi connectivity index (χ1v) is 5.54. The Morgan fingerprint density at radius 1 is 1.40 bits per heavy atom. The summed E-state index contributed by atoms with van der Waals surface area (Å²) in [5.74, 6) is 0.922. The molecule has 80 valence electrons. The van der Waals surface area contributed by atoms with Crippen molar-refractivity contribution >= 4 is 15.9 Å². The van der Waals surface area contributed by atoms with E-state index in [2.05, 4.69) is 28.2 Å². The Hall–Kier alpha value is -1.000. The monoisotopic (exact) mass is 269 g/mol. The summed E-state index contributed by atoms with van der Waals surface area (Å²) in [4.78, 5) is 0. The van der Waals surface area contributed by atoms with Crippen LogP contribution >= 0.6 is 15.9 Å². The SMILES string of the molecule is CC(NCc1ccoc1)c1ccc(Br)o1. The molecule has 0 aliphatic carbocycles. The maximum atomic E-state index is 5.45. The van der Waals surface area contributed by atoms with E-state index in [4.69, 9.17) is 8.83 Å². The summed E-state index contributed by atoms with van der Waals surface area (Å²) >= 11 is 3.28. The smallest absolute Gasteiger partial charge is 0.169 e. The highest BCUT2D eigenvalue weighted by atomic mass is 79.9. The fourth-order valence-corrected chi connectivity index (χ4v) is 1.64. The Bertz CT molecular complexity index is 408. The lowest BCUT2D eigenvalue weighted by Gasteiger charge is -2.09. The van der Waals surface area contributed by atoms with Gasteiger partial charge in [-0.2, -0.15) is 0 Å². The van der Waals surface area contributed by atoms with Gasteiger partial charge in [0, 0.05) is 12.1 Å². The lowest BCUT2D eigenvalue weighted by Crippen LogP contribution is -2.17. The highest BCUT2D eigenvalue weighted by molar-refractivity contribution is 9.10. The van der Waals surface area contributed by atoms with E-state index >= 15 is 0 Å². The van der Waals surface area contributed by atoms with Gasteiger partial charge in [-0.05, 0) is 41.1 Å². The van der Waals surface area contributed by atoms with Gasteiger partial charge in [-0.1, -0.05) is 0 Å². The molecule has 0 bridgehead atoms. The van der Waals surface area contributed by atoms with E-state index in [1.807, 2.05) is 18.2 Å². The Balaban J connectivity index is 1.90. The first-order chi connectivity index (χ1) is 7.25. The first-order valence-electron chi connectivity index (χ1n) is 4.75. The lowest BCUT2D eigenvalue weighted by atomic mass is 10.2. The minimum absolute atomic E-state index is 0.186. The van der Waals surface area contributed by atoms with Crippen molar-refractivity contribution in [2.45, 2.75) is 19.5 Å². The van der Waals surface area contributed by atoms with Crippen LogP contribution in [0.3, 0.4) is 0 Å². The number of halogens is 1. The molecule has 2 heterocycles. The van der Waals surface area contributed by atoms with Gasteiger partial charge in [0.05, 0.1) is 18.6 Å². The molecule has 1 atom stereocenters. The van der Waals surface area contributed by atoms with Gasteiger partial charge in [0.1, 0.15) is 5.76 Å². The standard InChI is InChI=1S/C11H12BrNO2/c1-8(10-2-3-11(12)15-10)13-6-9-4-5-14-7-9/h2-5,7-8,13H,6H2,1H3. The predicted octanol–water partition coefficient (Wildman–Crippen LogP) is 3.49. The number of nitrogens with one attached hydrogen (secondary N) is 1. The predicted molar refractivity (Wildman–Crippen MR) is 60.4 cm³/mol. The molecule has 0 aromatic carbocycles. The molecule has 1 N–H and O–H groups in total. The van der Waals surface area contributed by atoms with Gasteiger partial charge >= 0.3 is 0 Å². The van der Waals surface area contributed by atoms with Crippen molar-refractivity contribution in [1.82, 2.24) is 5.32 Å². The lowest BCUT2D eigenvalue weighted by molar-refractivity contribution is 0.417. The summed E-state index contributed by atoms with van der Waals surface area (Å²) in [5.41, 5.74) is 1.13. The summed E-state index contributed by atoms with van der Waals surface area (Å²) in [6.45, 7) is 2.83. The molecule has 4 heteroatoms. The number of hydrogen-bond acceptors (Lipinski definition) is 3. The van der Waals surface area contributed by atoms with Crippen molar-refractivity contribution in [3.05, 3.63) is 46.7 Å². The highest BCUT2D eigenvalue weighted by Gasteiger charge is 2.09. The Morgan fingerprint density at radius 2 is 2.27 bits per heavy atom. The van der Waals surface area contributed by atoms with E-state index in [0.29, 0.717) is 0 Å². The maximum Gasteiger partial charge on any atom is 0.169 e. The van der Waals surface area contributed by atoms with Gasteiger partial charge in [-0.3, -0.25) is 0 Å². The molecule has 1 unspecified atom stereocenters. The second-order valence-corrected chi connectivity index (χ2v) is 4.16. The molecule has 15 heavy (non-hydrogen) atoms. The first kappa shape index (κ1) is 10.5.